The first-order valence-electron chi connectivity index (χ1n) is 3.36. The number of aliphatic carboxylic acids is 1. The van der Waals surface area contributed by atoms with E-state index in [0.717, 1.165) is 30.7 Å². The van der Waals surface area contributed by atoms with Gasteiger partial charge < -0.3 is 0 Å². The van der Waals surface area contributed by atoms with Crippen molar-refractivity contribution >= 4 is 5.97 Å². The molecule has 0 radical (unpaired) electrons. The van der Waals surface area contributed by atoms with Crippen molar-refractivity contribution in [2.24, 2.45) is 0 Å². The Bertz CT molecular complexity index is 249. The molecule has 1 aromatic rings. The number of nitrogens with zero attached hydrogens (tertiary/aromatic N) is 1. The molecule has 12 heavy (non-hydrogen) atoms. The first-order valence-corrected chi connectivity index (χ1v) is 4.59. The zero-order valence-corrected chi connectivity index (χ0v) is 8.70. The van der Waals surface area contributed by atoms with Crippen molar-refractivity contribution in [1.82, 2.24) is 13.2 Å². The second-order valence-corrected chi connectivity index (χ2v) is 3.01. The van der Waals surface area contributed by atoms with Crippen LogP contribution in [0.4, 0.5) is 0 Å². The molecule has 0 amide bonds. The summed E-state index contributed by atoms with van der Waals surface area (Å²) in [5.74, 6) is -0.838. The Morgan fingerprint density at radius 2 is 2.67 bits per heavy atom. The molecule has 6 heteroatoms. The van der Waals surface area contributed by atoms with Crippen LogP contribution < -0.4 is 3.26 Å². The van der Waals surface area contributed by atoms with E-state index in [1.807, 2.05) is 0 Å². The fraction of sp³-hybridized carbons (Fsp3) is 0.333. The third kappa shape index (κ3) is 2.53. The van der Waals surface area contributed by atoms with Crippen LogP contribution in [0, 0.1) is 0 Å². The van der Waals surface area contributed by atoms with Gasteiger partial charge in [-0.3, -0.25) is 0 Å². The molecule has 1 heterocycles. The number of aromatic amines is 1. The van der Waals surface area contributed by atoms with E-state index in [4.69, 9.17) is 5.11 Å². The number of nitrogens with one attached hydrogen (secondary N) is 2. The molecule has 0 bridgehead atoms. The van der Waals surface area contributed by atoms with E-state index < -0.39 is 12.0 Å². The Labute approximate surface area is 84.8 Å². The van der Waals surface area contributed by atoms with Gasteiger partial charge in [-0.25, -0.2) is 0 Å². The maximum absolute atomic E-state index is 10.6. The van der Waals surface area contributed by atoms with E-state index >= 15 is 0 Å². The molecule has 0 aliphatic heterocycles. The summed E-state index contributed by atoms with van der Waals surface area (Å²) in [6.07, 6.45) is 3.66. The van der Waals surface area contributed by atoms with E-state index in [9.17, 15) is 4.79 Å². The molecular formula is C6H8N3O2Zr. The number of carbonyl (C=O) groups is 1. The Hall–Kier alpha value is -0.477. The van der Waals surface area contributed by atoms with Gasteiger partial charge in [0.1, 0.15) is 0 Å². The zero-order chi connectivity index (χ0) is 8.97. The number of H-pyrrole nitrogens is 1. The molecule has 63 valence electrons. The molecule has 0 saturated heterocycles. The monoisotopic (exact) mass is 244 g/mol. The van der Waals surface area contributed by atoms with Gasteiger partial charge in [-0.1, -0.05) is 0 Å². The molecule has 0 aliphatic rings. The number of imidazole rings is 1. The Balaban J connectivity index is 2.54. The minimum atomic E-state index is -0.838. The van der Waals surface area contributed by atoms with E-state index in [-0.39, 0.29) is 0 Å². The number of hydrogen-bond acceptors (Lipinski definition) is 3. The topological polar surface area (TPSA) is 78.0 Å². The van der Waals surface area contributed by atoms with Crippen LogP contribution in [-0.2, 0) is 36.2 Å². The molecule has 0 unspecified atom stereocenters. The van der Waals surface area contributed by atoms with Crippen molar-refractivity contribution in [2.45, 2.75) is 12.5 Å². The van der Waals surface area contributed by atoms with Crippen LogP contribution in [0.1, 0.15) is 5.69 Å². The molecule has 5 nitrogen and oxygen atoms in total. The van der Waals surface area contributed by atoms with Crippen LogP contribution in [-0.4, -0.2) is 27.1 Å². The van der Waals surface area contributed by atoms with Crippen LogP contribution in [0.15, 0.2) is 12.5 Å². The number of carboxylic acids is 1. The summed E-state index contributed by atoms with van der Waals surface area (Å²) in [4.78, 5) is 17.3. The summed E-state index contributed by atoms with van der Waals surface area (Å²) in [6, 6.07) is -0.522. The fourth-order valence-corrected chi connectivity index (χ4v) is 1.37. The number of aromatic nitrogens is 2. The molecule has 1 aromatic heterocycles. The summed E-state index contributed by atoms with van der Waals surface area (Å²) in [5, 5.41) is 8.69. The summed E-state index contributed by atoms with van der Waals surface area (Å²) in [6.45, 7) is 0. The molecule has 1 rings (SSSR count). The molecular weight excluding hydrogens is 237 g/mol. The molecule has 0 aromatic carbocycles. The summed E-state index contributed by atoms with van der Waals surface area (Å²) in [7, 11) is 0. The third-order valence-electron chi connectivity index (χ3n) is 1.44. The molecule has 0 spiro atoms. The zero-order valence-electron chi connectivity index (χ0n) is 6.24. The Morgan fingerprint density at radius 3 is 3.08 bits per heavy atom. The number of hydrogen-bond donors (Lipinski definition) is 3. The normalized spacial score (nSPS) is 12.6. The van der Waals surface area contributed by atoms with Gasteiger partial charge in [-0.15, -0.1) is 0 Å². The summed E-state index contributed by atoms with van der Waals surface area (Å²) in [5.41, 5.74) is 0.761. The SMILES string of the molecule is O=C(O)[C@H](Cc1c[nH]cn1)[NH][Zr]. The minimum absolute atomic E-state index is 0.421. The van der Waals surface area contributed by atoms with Crippen molar-refractivity contribution < 1.29 is 34.9 Å². The molecule has 0 saturated carbocycles. The predicted octanol–water partition coefficient (Wildman–Crippen LogP) is -0.543. The number of carboxylic acid groups (broad SMARTS) is 1. The molecule has 0 fully saturated rings. The second-order valence-electron chi connectivity index (χ2n) is 2.30. The molecule has 0 aliphatic carbocycles. The standard InChI is InChI=1S/C6H8N3O2.Zr/c7-5(6(10)11)1-4-2-8-3-9-4;/h2-3,5,7H,1H2,(H,8,9)(H,10,11);/q-1;+1/t5-;/m0./s1. The van der Waals surface area contributed by atoms with Crippen LogP contribution in [0.25, 0.3) is 0 Å². The van der Waals surface area contributed by atoms with Crippen molar-refractivity contribution in [3.05, 3.63) is 18.2 Å². The maximum atomic E-state index is 10.6. The van der Waals surface area contributed by atoms with Gasteiger partial charge in [0, 0.05) is 0 Å². The van der Waals surface area contributed by atoms with Crippen molar-refractivity contribution in [1.29, 1.82) is 0 Å². The summed E-state index contributed by atoms with van der Waals surface area (Å²) >= 11 is 1.00. The van der Waals surface area contributed by atoms with Crippen LogP contribution in [0.3, 0.4) is 0 Å². The van der Waals surface area contributed by atoms with Gasteiger partial charge in [0.25, 0.3) is 0 Å². The van der Waals surface area contributed by atoms with E-state index in [0.29, 0.717) is 6.42 Å². The average molecular weight is 245 g/mol. The third-order valence-corrected chi connectivity index (χ3v) is 2.30. The Kier molecular flexibility index (Phi) is 3.62. The van der Waals surface area contributed by atoms with Crippen LogP contribution in [0.5, 0.6) is 0 Å². The van der Waals surface area contributed by atoms with Crippen LogP contribution >= 0.6 is 0 Å². The summed E-state index contributed by atoms with van der Waals surface area (Å²) < 4.78 is 2.78. The van der Waals surface area contributed by atoms with Crippen molar-refractivity contribution in [3.63, 3.8) is 0 Å². The first kappa shape index (κ1) is 9.61. The van der Waals surface area contributed by atoms with Gasteiger partial charge >= 0.3 is 84.8 Å². The average Bonchev–Trinajstić information content (AvgIpc) is 2.51. The Morgan fingerprint density at radius 1 is 1.92 bits per heavy atom. The van der Waals surface area contributed by atoms with E-state index in [1.165, 1.54) is 6.33 Å². The molecule has 1 atom stereocenters. The van der Waals surface area contributed by atoms with Gasteiger partial charge in [-0.05, 0) is 0 Å². The van der Waals surface area contributed by atoms with Gasteiger partial charge in [-0.2, -0.15) is 0 Å². The quantitative estimate of drug-likeness (QED) is 0.665. The van der Waals surface area contributed by atoms with Crippen molar-refractivity contribution in [2.75, 3.05) is 0 Å². The predicted molar refractivity (Wildman–Crippen MR) is 36.9 cm³/mol. The van der Waals surface area contributed by atoms with E-state index in [2.05, 4.69) is 13.2 Å². The second kappa shape index (κ2) is 4.52. The van der Waals surface area contributed by atoms with E-state index in [1.54, 1.807) is 6.20 Å². The number of rotatable bonds is 4. The van der Waals surface area contributed by atoms with Crippen molar-refractivity contribution in [3.8, 4) is 0 Å². The first-order chi connectivity index (χ1) is 5.74. The van der Waals surface area contributed by atoms with Crippen LogP contribution in [0.2, 0.25) is 0 Å². The van der Waals surface area contributed by atoms with Gasteiger partial charge in [0.2, 0.25) is 0 Å². The fourth-order valence-electron chi connectivity index (χ4n) is 0.812. The van der Waals surface area contributed by atoms with Gasteiger partial charge in [0.15, 0.2) is 0 Å². The van der Waals surface area contributed by atoms with Gasteiger partial charge in [0.05, 0.1) is 0 Å². The molecule has 3 N–H and O–H groups in total.